The third-order valence-electron chi connectivity index (χ3n) is 2.31. The van der Waals surface area contributed by atoms with Gasteiger partial charge in [-0.3, -0.25) is 0 Å². The summed E-state index contributed by atoms with van der Waals surface area (Å²) < 4.78 is 9.62. The van der Waals surface area contributed by atoms with Gasteiger partial charge in [-0.15, -0.1) is 0 Å². The van der Waals surface area contributed by atoms with Gasteiger partial charge in [0.25, 0.3) is 0 Å². The zero-order valence-corrected chi connectivity index (χ0v) is 11.5. The number of aliphatic carboxylic acids is 1. The average Bonchev–Trinajstić information content (AvgIpc) is 2.45. The maximum atomic E-state index is 11.2. The molecule has 0 aromatic heterocycles. The van der Waals surface area contributed by atoms with Crippen molar-refractivity contribution in [2.24, 2.45) is 0 Å². The Labute approximate surface area is 121 Å². The number of carbonyl (C=O) groups excluding carboxylic acids is 1. The summed E-state index contributed by atoms with van der Waals surface area (Å²) in [4.78, 5) is 21.7. The van der Waals surface area contributed by atoms with Gasteiger partial charge in [0, 0.05) is 12.0 Å². The fraction of sp³-hybridized carbons (Fsp3) is 0.200. The van der Waals surface area contributed by atoms with Crippen molar-refractivity contribution in [3.63, 3.8) is 0 Å². The van der Waals surface area contributed by atoms with Gasteiger partial charge < -0.3 is 19.7 Å². The molecule has 0 radical (unpaired) electrons. The maximum absolute atomic E-state index is 11.2. The lowest BCUT2D eigenvalue weighted by molar-refractivity contribution is -0.136. The zero-order valence-electron chi connectivity index (χ0n) is 11.5. The lowest BCUT2D eigenvalue weighted by Crippen LogP contribution is -1.99. The minimum absolute atomic E-state index is 0.121. The number of phenols is 1. The molecule has 0 amide bonds. The Bertz CT molecular complexity index is 634. The summed E-state index contributed by atoms with van der Waals surface area (Å²) in [7, 11) is 1.35. The molecule has 0 unspecified atom stereocenters. The van der Waals surface area contributed by atoms with E-state index in [1.165, 1.54) is 25.3 Å². The number of phenolic OH excluding ortho intramolecular Hbond substituents is 1. The molecule has 21 heavy (non-hydrogen) atoms. The topological polar surface area (TPSA) is 93.1 Å². The number of hydrogen-bond acceptors (Lipinski definition) is 5. The number of carboxylic acids is 1. The van der Waals surface area contributed by atoms with Gasteiger partial charge in [-0.25, -0.2) is 9.59 Å². The minimum atomic E-state index is -1.11. The highest BCUT2D eigenvalue weighted by Crippen LogP contribution is 2.31. The molecule has 0 atom stereocenters. The van der Waals surface area contributed by atoms with E-state index in [4.69, 9.17) is 9.84 Å². The predicted octanol–water partition coefficient (Wildman–Crippen LogP) is 1.41. The van der Waals surface area contributed by atoms with Crippen LogP contribution in [0.3, 0.4) is 0 Å². The van der Waals surface area contributed by atoms with Crippen molar-refractivity contribution in [2.45, 2.75) is 6.92 Å². The van der Waals surface area contributed by atoms with E-state index in [-0.39, 0.29) is 23.7 Å². The van der Waals surface area contributed by atoms with E-state index in [1.807, 2.05) is 0 Å². The highest BCUT2D eigenvalue weighted by molar-refractivity contribution is 5.89. The normalized spacial score (nSPS) is 9.81. The highest BCUT2D eigenvalue weighted by Gasteiger charge is 2.08. The van der Waals surface area contributed by atoms with E-state index in [1.54, 1.807) is 6.92 Å². The molecule has 0 bridgehead atoms. The largest absolute Gasteiger partial charge is 0.503 e. The van der Waals surface area contributed by atoms with Crippen LogP contribution in [0.2, 0.25) is 0 Å². The van der Waals surface area contributed by atoms with E-state index in [0.29, 0.717) is 5.56 Å². The van der Waals surface area contributed by atoms with E-state index < -0.39 is 11.9 Å². The molecule has 0 aliphatic heterocycles. The number of benzene rings is 1. The third kappa shape index (κ3) is 4.91. The van der Waals surface area contributed by atoms with E-state index in [9.17, 15) is 14.7 Å². The molecular weight excluding hydrogens is 276 g/mol. The van der Waals surface area contributed by atoms with Gasteiger partial charge in [0.15, 0.2) is 11.5 Å². The molecule has 0 heterocycles. The second kappa shape index (κ2) is 7.60. The van der Waals surface area contributed by atoms with Gasteiger partial charge in [-0.2, -0.15) is 0 Å². The molecule has 0 aliphatic rings. The minimum Gasteiger partial charge on any atom is -0.503 e. The van der Waals surface area contributed by atoms with Crippen molar-refractivity contribution in [3.8, 4) is 23.3 Å². The second-order valence-corrected chi connectivity index (χ2v) is 3.76. The second-order valence-electron chi connectivity index (χ2n) is 3.76. The van der Waals surface area contributed by atoms with Gasteiger partial charge in [-0.1, -0.05) is 5.92 Å². The van der Waals surface area contributed by atoms with Crippen LogP contribution in [0.25, 0.3) is 6.08 Å². The van der Waals surface area contributed by atoms with Crippen LogP contribution >= 0.6 is 0 Å². The molecule has 6 nitrogen and oxygen atoms in total. The monoisotopic (exact) mass is 290 g/mol. The Morgan fingerprint density at radius 2 is 2.10 bits per heavy atom. The first-order valence-corrected chi connectivity index (χ1v) is 5.98. The summed E-state index contributed by atoms with van der Waals surface area (Å²) in [6, 6.07) is 2.88. The van der Waals surface area contributed by atoms with Gasteiger partial charge >= 0.3 is 11.9 Å². The molecule has 6 heteroatoms. The fourth-order valence-electron chi connectivity index (χ4n) is 1.43. The van der Waals surface area contributed by atoms with Gasteiger partial charge in [0.1, 0.15) is 0 Å². The molecule has 0 fully saturated rings. The van der Waals surface area contributed by atoms with Crippen LogP contribution in [0, 0.1) is 11.8 Å². The molecule has 1 aromatic carbocycles. The Morgan fingerprint density at radius 1 is 1.38 bits per heavy atom. The lowest BCUT2D eigenvalue weighted by Gasteiger charge is -2.06. The Kier molecular flexibility index (Phi) is 5.83. The highest BCUT2D eigenvalue weighted by atomic mass is 16.5. The van der Waals surface area contributed by atoms with E-state index in [0.717, 1.165) is 6.08 Å². The van der Waals surface area contributed by atoms with Crippen LogP contribution < -0.4 is 4.74 Å². The smallest absolute Gasteiger partial charge is 0.384 e. The first-order chi connectivity index (χ1) is 9.97. The Morgan fingerprint density at radius 3 is 2.67 bits per heavy atom. The van der Waals surface area contributed by atoms with Crippen LogP contribution in [0.4, 0.5) is 0 Å². The van der Waals surface area contributed by atoms with Crippen molar-refractivity contribution in [1.29, 1.82) is 0 Å². The van der Waals surface area contributed by atoms with Crippen molar-refractivity contribution in [1.82, 2.24) is 0 Å². The number of ether oxygens (including phenoxy) is 2. The molecule has 0 saturated heterocycles. The van der Waals surface area contributed by atoms with Gasteiger partial charge in [0.2, 0.25) is 0 Å². The van der Waals surface area contributed by atoms with Crippen molar-refractivity contribution >= 4 is 18.0 Å². The van der Waals surface area contributed by atoms with Crippen molar-refractivity contribution in [3.05, 3.63) is 29.3 Å². The van der Waals surface area contributed by atoms with Crippen LogP contribution in [-0.4, -0.2) is 35.9 Å². The van der Waals surface area contributed by atoms with Crippen LogP contribution in [0.1, 0.15) is 18.1 Å². The predicted molar refractivity (Wildman–Crippen MR) is 74.8 cm³/mol. The first kappa shape index (κ1) is 16.1. The number of carbonyl (C=O) groups is 2. The molecule has 1 rings (SSSR count). The standard InChI is InChI=1S/C15H14O6/c1-3-21-14(18)7-5-11-8-10(4-6-13(16)17)9-12(20-2)15(11)19/h4,6,8-9,19H,3H2,1-2H3,(H,16,17). The number of rotatable bonds is 4. The summed E-state index contributed by atoms with van der Waals surface area (Å²) in [6.45, 7) is 1.85. The summed E-state index contributed by atoms with van der Waals surface area (Å²) in [5.41, 5.74) is 0.590. The molecule has 2 N–H and O–H groups in total. The summed E-state index contributed by atoms with van der Waals surface area (Å²) in [5.74, 6) is 2.74. The quantitative estimate of drug-likeness (QED) is 0.495. The number of methoxy groups -OCH3 is 1. The van der Waals surface area contributed by atoms with Gasteiger partial charge in [0.05, 0.1) is 19.3 Å². The number of aromatic hydroxyl groups is 1. The van der Waals surface area contributed by atoms with E-state index in [2.05, 4.69) is 16.6 Å². The fourth-order valence-corrected chi connectivity index (χ4v) is 1.43. The summed E-state index contributed by atoms with van der Waals surface area (Å²) >= 11 is 0. The maximum Gasteiger partial charge on any atom is 0.384 e. The lowest BCUT2D eigenvalue weighted by atomic mass is 10.1. The number of esters is 1. The SMILES string of the molecule is CCOC(=O)C#Cc1cc(C=CC(=O)O)cc(OC)c1O. The molecule has 0 aliphatic carbocycles. The number of carboxylic acid groups (broad SMARTS) is 1. The summed E-state index contributed by atoms with van der Waals surface area (Å²) in [6.07, 6.45) is 2.26. The van der Waals surface area contributed by atoms with Crippen LogP contribution in [0.15, 0.2) is 18.2 Å². The zero-order chi connectivity index (χ0) is 15.8. The molecule has 1 aromatic rings. The first-order valence-electron chi connectivity index (χ1n) is 5.98. The number of hydrogen-bond donors (Lipinski definition) is 2. The van der Waals surface area contributed by atoms with E-state index >= 15 is 0 Å². The third-order valence-corrected chi connectivity index (χ3v) is 2.31. The molecule has 0 saturated carbocycles. The molecular formula is C15H14O6. The van der Waals surface area contributed by atoms with Crippen molar-refractivity contribution < 1.29 is 29.3 Å². The molecule has 110 valence electrons. The Balaban J connectivity index is 3.21. The van der Waals surface area contributed by atoms with Crippen LogP contribution in [0.5, 0.6) is 11.5 Å². The van der Waals surface area contributed by atoms with Crippen molar-refractivity contribution in [2.75, 3.05) is 13.7 Å². The summed E-state index contributed by atoms with van der Waals surface area (Å²) in [5, 5.41) is 18.5. The average molecular weight is 290 g/mol. The molecule has 0 spiro atoms. The van der Waals surface area contributed by atoms with Crippen LogP contribution in [-0.2, 0) is 14.3 Å². The van der Waals surface area contributed by atoms with Gasteiger partial charge in [-0.05, 0) is 30.7 Å². The Hall–Kier alpha value is -2.94.